The van der Waals surface area contributed by atoms with Gasteiger partial charge in [-0.1, -0.05) is 33.1 Å². The average Bonchev–Trinajstić information content (AvgIpc) is 1.99. The Hall–Kier alpha value is -0.0500. The number of hydrogen-bond donors (Lipinski definition) is 1. The second kappa shape index (κ2) is 5.58. The van der Waals surface area contributed by atoms with E-state index in [0.717, 1.165) is 12.8 Å². The van der Waals surface area contributed by atoms with E-state index in [-0.39, 0.29) is 0 Å². The first-order valence-corrected chi connectivity index (χ1v) is 6.26. The molecule has 0 aromatic rings. The highest BCUT2D eigenvalue weighted by Crippen LogP contribution is 2.02. The van der Waals surface area contributed by atoms with Gasteiger partial charge >= 0.3 is 0 Å². The van der Waals surface area contributed by atoms with E-state index in [1.54, 1.807) is 0 Å². The van der Waals surface area contributed by atoms with Gasteiger partial charge in [-0.25, -0.2) is 4.21 Å². The molecule has 0 aliphatic rings. The minimum absolute atomic E-state index is 0.513. The van der Waals surface area contributed by atoms with E-state index in [9.17, 15) is 4.21 Å². The van der Waals surface area contributed by atoms with E-state index >= 15 is 0 Å². The van der Waals surface area contributed by atoms with Crippen molar-refractivity contribution in [3.8, 4) is 0 Å². The van der Waals surface area contributed by atoms with Crippen LogP contribution in [0.15, 0.2) is 0 Å². The van der Waals surface area contributed by atoms with Crippen LogP contribution in [-0.4, -0.2) is 15.7 Å². The van der Waals surface area contributed by atoms with E-state index in [1.807, 2.05) is 6.92 Å². The van der Waals surface area contributed by atoms with Crippen molar-refractivity contribution in [3.05, 3.63) is 0 Å². The third-order valence-electron chi connectivity index (χ3n) is 1.79. The maximum Gasteiger partial charge on any atom is 0.0438 e. The van der Waals surface area contributed by atoms with Crippen molar-refractivity contribution in [2.45, 2.75) is 39.5 Å². The third-order valence-corrected chi connectivity index (χ3v) is 3.67. The molecule has 0 aromatic heterocycles. The van der Waals surface area contributed by atoms with Gasteiger partial charge in [0.2, 0.25) is 0 Å². The normalized spacial score (nSPS) is 16.2. The third kappa shape index (κ3) is 6.35. The molecular weight excluding hydrogens is 158 g/mol. The molecule has 0 heterocycles. The van der Waals surface area contributed by atoms with Gasteiger partial charge in [0.05, 0.1) is 0 Å². The van der Waals surface area contributed by atoms with Crippen LogP contribution in [0.25, 0.3) is 0 Å². The van der Waals surface area contributed by atoms with Crippen LogP contribution < -0.4 is 0 Å². The minimum atomic E-state index is -2.20. The highest BCUT2D eigenvalue weighted by atomic mass is 32.2. The van der Waals surface area contributed by atoms with Crippen molar-refractivity contribution in [3.63, 3.8) is 0 Å². The Balaban J connectivity index is 3.39. The Morgan fingerprint density at radius 1 is 1.18 bits per heavy atom. The number of unbranched alkanes of at least 4 members (excludes halogenated alkanes) is 3. The van der Waals surface area contributed by atoms with Gasteiger partial charge in [0.15, 0.2) is 0 Å². The Morgan fingerprint density at radius 3 is 2.27 bits per heavy atom. The summed E-state index contributed by atoms with van der Waals surface area (Å²) in [6.45, 7) is 3.98. The van der Waals surface area contributed by atoms with Crippen molar-refractivity contribution in [1.82, 2.24) is 0 Å². The molecule has 0 fully saturated rings. The molecule has 3 heteroatoms. The molecule has 0 spiro atoms. The molecule has 0 saturated carbocycles. The van der Waals surface area contributed by atoms with Gasteiger partial charge in [-0.05, 0) is 6.42 Å². The van der Waals surface area contributed by atoms with E-state index in [2.05, 4.69) is 6.92 Å². The Bertz CT molecular complexity index is 173. The Labute approximate surface area is 70.4 Å². The summed E-state index contributed by atoms with van der Waals surface area (Å²) in [4.78, 5) is 0. The van der Waals surface area contributed by atoms with E-state index in [1.165, 1.54) is 12.8 Å². The zero-order valence-electron chi connectivity index (χ0n) is 7.56. The molecule has 1 atom stereocenters. The molecule has 0 aliphatic carbocycles. The zero-order chi connectivity index (χ0) is 8.74. The zero-order valence-corrected chi connectivity index (χ0v) is 8.38. The highest BCUT2D eigenvalue weighted by Gasteiger charge is 2.00. The molecule has 0 rings (SSSR count). The summed E-state index contributed by atoms with van der Waals surface area (Å²) in [5.74, 6) is 1.11. The van der Waals surface area contributed by atoms with Crippen LogP contribution in [0.1, 0.15) is 39.5 Å². The minimum Gasteiger partial charge on any atom is -0.253 e. The predicted octanol–water partition coefficient (Wildman–Crippen LogP) is 2.63. The van der Waals surface area contributed by atoms with E-state index in [0.29, 0.717) is 11.5 Å². The number of rotatable bonds is 6. The lowest BCUT2D eigenvalue weighted by atomic mass is 10.2. The molecule has 1 N–H and O–H groups in total. The Morgan fingerprint density at radius 2 is 1.82 bits per heavy atom. The maximum atomic E-state index is 11.2. The fraction of sp³-hybridized carbons (Fsp3) is 1.00. The molecule has 0 aliphatic heterocycles. The molecule has 0 saturated heterocycles. The maximum absolute atomic E-state index is 11.2. The monoisotopic (exact) mass is 177 g/mol. The average molecular weight is 177 g/mol. The van der Waals surface area contributed by atoms with E-state index < -0.39 is 9.73 Å². The standard InChI is InChI=1S/C8H19NOS/c1-3-5-6-7-8-11(9,10)4-2/h9H,3-8H2,1-2H3. The molecule has 0 aromatic carbocycles. The van der Waals surface area contributed by atoms with Crippen LogP contribution in [-0.2, 0) is 9.73 Å². The molecule has 2 nitrogen and oxygen atoms in total. The van der Waals surface area contributed by atoms with Crippen molar-refractivity contribution >= 4 is 9.73 Å². The van der Waals surface area contributed by atoms with Crippen LogP contribution in [0.4, 0.5) is 0 Å². The molecule has 0 amide bonds. The van der Waals surface area contributed by atoms with Gasteiger partial charge in [0.25, 0.3) is 0 Å². The Kier molecular flexibility index (Phi) is 5.56. The van der Waals surface area contributed by atoms with Gasteiger partial charge in [-0.15, -0.1) is 0 Å². The lowest BCUT2D eigenvalue weighted by Crippen LogP contribution is -2.06. The smallest absolute Gasteiger partial charge is 0.0438 e. The fourth-order valence-corrected chi connectivity index (χ4v) is 1.87. The second-order valence-electron chi connectivity index (χ2n) is 2.87. The summed E-state index contributed by atoms with van der Waals surface area (Å²) in [5, 5.41) is 0. The largest absolute Gasteiger partial charge is 0.253 e. The van der Waals surface area contributed by atoms with Gasteiger partial charge in [-0.2, -0.15) is 0 Å². The summed E-state index contributed by atoms with van der Waals surface area (Å²) in [6, 6.07) is 0. The lowest BCUT2D eigenvalue weighted by molar-refractivity contribution is 0.661. The van der Waals surface area contributed by atoms with Crippen LogP contribution in [0.5, 0.6) is 0 Å². The molecule has 0 radical (unpaired) electrons. The van der Waals surface area contributed by atoms with Crippen LogP contribution in [0.3, 0.4) is 0 Å². The quantitative estimate of drug-likeness (QED) is 0.622. The van der Waals surface area contributed by atoms with Crippen molar-refractivity contribution < 1.29 is 4.21 Å². The van der Waals surface area contributed by atoms with Crippen molar-refractivity contribution in [1.29, 1.82) is 4.78 Å². The topological polar surface area (TPSA) is 40.9 Å². The van der Waals surface area contributed by atoms with Crippen molar-refractivity contribution in [2.75, 3.05) is 11.5 Å². The molecule has 11 heavy (non-hydrogen) atoms. The summed E-state index contributed by atoms with van der Waals surface area (Å²) < 4.78 is 18.5. The molecule has 1 unspecified atom stereocenters. The van der Waals surface area contributed by atoms with E-state index in [4.69, 9.17) is 4.78 Å². The predicted molar refractivity (Wildman–Crippen MR) is 50.4 cm³/mol. The molecule has 0 bridgehead atoms. The molecule has 68 valence electrons. The van der Waals surface area contributed by atoms with Crippen LogP contribution in [0.2, 0.25) is 0 Å². The summed E-state index contributed by atoms with van der Waals surface area (Å²) in [5.41, 5.74) is 0. The van der Waals surface area contributed by atoms with Gasteiger partial charge in [-0.3, -0.25) is 4.78 Å². The number of hydrogen-bond acceptors (Lipinski definition) is 2. The van der Waals surface area contributed by atoms with Crippen LogP contribution in [0, 0.1) is 4.78 Å². The SMILES string of the molecule is CCCCCCS(=N)(=O)CC. The fourth-order valence-electron chi connectivity index (χ4n) is 0.906. The number of nitrogens with one attached hydrogen (secondary N) is 1. The second-order valence-corrected chi connectivity index (χ2v) is 5.47. The summed E-state index contributed by atoms with van der Waals surface area (Å²) in [7, 11) is -2.20. The van der Waals surface area contributed by atoms with Gasteiger partial charge in [0.1, 0.15) is 0 Å². The highest BCUT2D eigenvalue weighted by molar-refractivity contribution is 7.92. The van der Waals surface area contributed by atoms with Gasteiger partial charge in [0, 0.05) is 21.2 Å². The first-order valence-electron chi connectivity index (χ1n) is 4.36. The lowest BCUT2D eigenvalue weighted by Gasteiger charge is -2.02. The van der Waals surface area contributed by atoms with Crippen LogP contribution >= 0.6 is 0 Å². The first kappa shape index (κ1) is 11.0. The van der Waals surface area contributed by atoms with Gasteiger partial charge < -0.3 is 0 Å². The van der Waals surface area contributed by atoms with Crippen molar-refractivity contribution in [2.24, 2.45) is 0 Å². The summed E-state index contributed by atoms with van der Waals surface area (Å²) in [6.07, 6.45) is 4.50. The molecular formula is C8H19NOS. The summed E-state index contributed by atoms with van der Waals surface area (Å²) >= 11 is 0. The first-order chi connectivity index (χ1) is 5.12.